The fourth-order valence-electron chi connectivity index (χ4n) is 1.31. The van der Waals surface area contributed by atoms with Gasteiger partial charge in [0.25, 0.3) is 0 Å². The summed E-state index contributed by atoms with van der Waals surface area (Å²) in [6.07, 6.45) is 1.27. The van der Waals surface area contributed by atoms with E-state index in [1.807, 2.05) is 13.8 Å². The van der Waals surface area contributed by atoms with E-state index in [0.29, 0.717) is 18.1 Å². The van der Waals surface area contributed by atoms with Gasteiger partial charge in [-0.25, -0.2) is 8.91 Å². The van der Waals surface area contributed by atoms with Crippen molar-refractivity contribution in [3.05, 3.63) is 24.1 Å². The molecule has 2 heterocycles. The van der Waals surface area contributed by atoms with E-state index in [2.05, 4.69) is 15.4 Å². The summed E-state index contributed by atoms with van der Waals surface area (Å²) in [5.74, 6) is 0.0711. The molecule has 2 aromatic heterocycles. The Labute approximate surface area is 98.3 Å². The summed E-state index contributed by atoms with van der Waals surface area (Å²) < 4.78 is 14.3. The van der Waals surface area contributed by atoms with Crippen LogP contribution >= 0.6 is 0 Å². The normalized spacial score (nSPS) is 12.0. The van der Waals surface area contributed by atoms with Gasteiger partial charge in [0.1, 0.15) is 5.82 Å². The van der Waals surface area contributed by atoms with Gasteiger partial charge in [0.05, 0.1) is 6.20 Å². The van der Waals surface area contributed by atoms with Crippen molar-refractivity contribution in [3.8, 4) is 0 Å². The molecule has 0 bridgehead atoms. The molecule has 0 aliphatic heterocycles. The van der Waals surface area contributed by atoms with E-state index in [1.165, 1.54) is 16.8 Å². The number of hydrogen-bond donors (Lipinski definition) is 2. The number of aliphatic hydroxyl groups is 1. The van der Waals surface area contributed by atoms with Gasteiger partial charge in [-0.1, -0.05) is 13.8 Å². The predicted molar refractivity (Wildman–Crippen MR) is 62.3 cm³/mol. The number of pyridine rings is 1. The molecule has 2 aromatic rings. The lowest BCUT2D eigenvalue weighted by Gasteiger charge is -2.20. The largest absolute Gasteiger partial charge is 0.396 e. The van der Waals surface area contributed by atoms with Gasteiger partial charge in [0.15, 0.2) is 5.65 Å². The number of anilines is 1. The Morgan fingerprint density at radius 3 is 2.94 bits per heavy atom. The number of aromatic nitrogens is 3. The molecule has 0 amide bonds. The molecule has 0 unspecified atom stereocenters. The first-order chi connectivity index (χ1) is 8.00. The van der Waals surface area contributed by atoms with Crippen LogP contribution in [0, 0.1) is 11.2 Å². The van der Waals surface area contributed by atoms with E-state index < -0.39 is 0 Å². The minimum Gasteiger partial charge on any atom is -0.396 e. The SMILES string of the molecule is CC(C)(CO)CNc1nc2ccc(F)cn2n1. The minimum atomic E-state index is -0.357. The van der Waals surface area contributed by atoms with Crippen LogP contribution in [0.5, 0.6) is 0 Å². The summed E-state index contributed by atoms with van der Waals surface area (Å²) >= 11 is 0. The number of nitrogens with one attached hydrogen (secondary N) is 1. The first kappa shape index (κ1) is 11.8. The van der Waals surface area contributed by atoms with E-state index in [1.54, 1.807) is 6.07 Å². The lowest BCUT2D eigenvalue weighted by molar-refractivity contribution is 0.170. The molecule has 2 rings (SSSR count). The minimum absolute atomic E-state index is 0.0714. The first-order valence-corrected chi connectivity index (χ1v) is 5.37. The van der Waals surface area contributed by atoms with Gasteiger partial charge in [-0.15, -0.1) is 5.10 Å². The molecule has 5 nitrogen and oxygen atoms in total. The molecule has 0 aliphatic carbocycles. The quantitative estimate of drug-likeness (QED) is 0.842. The monoisotopic (exact) mass is 238 g/mol. The third-order valence-electron chi connectivity index (χ3n) is 2.45. The number of aliphatic hydroxyl groups excluding tert-OH is 1. The molecular weight excluding hydrogens is 223 g/mol. The second kappa shape index (κ2) is 4.29. The lowest BCUT2D eigenvalue weighted by atomic mass is 9.95. The molecule has 0 saturated heterocycles. The number of halogens is 1. The van der Waals surface area contributed by atoms with Crippen LogP contribution in [-0.4, -0.2) is 32.9 Å². The Balaban J connectivity index is 2.15. The van der Waals surface area contributed by atoms with Crippen LogP contribution in [0.4, 0.5) is 10.3 Å². The topological polar surface area (TPSA) is 62.5 Å². The van der Waals surface area contributed by atoms with Crippen molar-refractivity contribution in [1.82, 2.24) is 14.6 Å². The van der Waals surface area contributed by atoms with Gasteiger partial charge in [-0.2, -0.15) is 4.98 Å². The molecule has 0 saturated carbocycles. The van der Waals surface area contributed by atoms with Crippen LogP contribution in [0.3, 0.4) is 0 Å². The van der Waals surface area contributed by atoms with Crippen LogP contribution in [0.15, 0.2) is 18.3 Å². The summed E-state index contributed by atoms with van der Waals surface area (Å²) in [5, 5.41) is 16.2. The molecule has 0 radical (unpaired) electrons. The van der Waals surface area contributed by atoms with Crippen molar-refractivity contribution in [2.75, 3.05) is 18.5 Å². The molecule has 2 N–H and O–H groups in total. The second-order valence-corrected chi connectivity index (χ2v) is 4.76. The predicted octanol–water partition coefficient (Wildman–Crippen LogP) is 1.30. The molecule has 17 heavy (non-hydrogen) atoms. The van der Waals surface area contributed by atoms with Gasteiger partial charge < -0.3 is 10.4 Å². The van der Waals surface area contributed by atoms with Crippen LogP contribution in [0.1, 0.15) is 13.8 Å². The maximum atomic E-state index is 12.9. The molecule has 92 valence electrons. The summed E-state index contributed by atoms with van der Waals surface area (Å²) in [5.41, 5.74) is 0.332. The molecule has 6 heteroatoms. The Bertz CT molecular complexity index is 523. The van der Waals surface area contributed by atoms with Gasteiger partial charge in [0, 0.05) is 18.6 Å². The zero-order valence-corrected chi connectivity index (χ0v) is 9.81. The van der Waals surface area contributed by atoms with E-state index in [0.717, 1.165) is 0 Å². The highest BCUT2D eigenvalue weighted by Crippen LogP contribution is 2.14. The Morgan fingerprint density at radius 1 is 1.47 bits per heavy atom. The average molecular weight is 238 g/mol. The smallest absolute Gasteiger partial charge is 0.243 e. The molecule has 0 fully saturated rings. The van der Waals surface area contributed by atoms with Crippen LogP contribution in [0.2, 0.25) is 0 Å². The average Bonchev–Trinajstić information content (AvgIpc) is 2.68. The molecule has 0 aliphatic rings. The summed E-state index contributed by atoms with van der Waals surface area (Å²) in [6, 6.07) is 2.90. The Morgan fingerprint density at radius 2 is 2.24 bits per heavy atom. The Hall–Kier alpha value is -1.69. The highest BCUT2D eigenvalue weighted by atomic mass is 19.1. The maximum absolute atomic E-state index is 12.9. The van der Waals surface area contributed by atoms with Crippen molar-refractivity contribution in [3.63, 3.8) is 0 Å². The van der Waals surface area contributed by atoms with E-state index in [4.69, 9.17) is 5.11 Å². The fourth-order valence-corrected chi connectivity index (χ4v) is 1.31. The van der Waals surface area contributed by atoms with Crippen molar-refractivity contribution >= 4 is 11.6 Å². The highest BCUT2D eigenvalue weighted by molar-refractivity contribution is 5.43. The summed E-state index contributed by atoms with van der Waals surface area (Å²) in [6.45, 7) is 4.47. The van der Waals surface area contributed by atoms with Crippen LogP contribution in [-0.2, 0) is 0 Å². The lowest BCUT2D eigenvalue weighted by Crippen LogP contribution is -2.27. The number of fused-ring (bicyclic) bond motifs is 1. The standard InChI is InChI=1S/C11H15FN4O/c1-11(2,7-17)6-13-10-14-9-4-3-8(12)5-16(9)15-10/h3-5,17H,6-7H2,1-2H3,(H,13,15). The van der Waals surface area contributed by atoms with Gasteiger partial charge in [-0.3, -0.25) is 0 Å². The van der Waals surface area contributed by atoms with Crippen LogP contribution in [0.25, 0.3) is 5.65 Å². The zero-order valence-electron chi connectivity index (χ0n) is 9.81. The van der Waals surface area contributed by atoms with Crippen LogP contribution < -0.4 is 5.32 Å². The summed E-state index contributed by atoms with van der Waals surface area (Å²) in [4.78, 5) is 4.18. The van der Waals surface area contributed by atoms with Crippen molar-refractivity contribution in [1.29, 1.82) is 0 Å². The summed E-state index contributed by atoms with van der Waals surface area (Å²) in [7, 11) is 0. The molecule has 0 aromatic carbocycles. The van der Waals surface area contributed by atoms with Gasteiger partial charge >= 0.3 is 0 Å². The number of nitrogens with zero attached hydrogens (tertiary/aromatic N) is 3. The van der Waals surface area contributed by atoms with E-state index in [9.17, 15) is 4.39 Å². The van der Waals surface area contributed by atoms with Crippen molar-refractivity contribution < 1.29 is 9.50 Å². The van der Waals surface area contributed by atoms with E-state index in [-0.39, 0.29) is 17.8 Å². The third-order valence-corrected chi connectivity index (χ3v) is 2.45. The molecular formula is C11H15FN4O. The Kier molecular flexibility index (Phi) is 2.97. The fraction of sp³-hybridized carbons (Fsp3) is 0.455. The first-order valence-electron chi connectivity index (χ1n) is 5.37. The van der Waals surface area contributed by atoms with Crippen molar-refractivity contribution in [2.45, 2.75) is 13.8 Å². The third kappa shape index (κ3) is 2.71. The zero-order chi connectivity index (χ0) is 12.5. The van der Waals surface area contributed by atoms with E-state index >= 15 is 0 Å². The number of hydrogen-bond acceptors (Lipinski definition) is 4. The second-order valence-electron chi connectivity index (χ2n) is 4.76. The highest BCUT2D eigenvalue weighted by Gasteiger charge is 2.17. The van der Waals surface area contributed by atoms with Gasteiger partial charge in [-0.05, 0) is 12.1 Å². The molecule has 0 atom stereocenters. The van der Waals surface area contributed by atoms with Crippen molar-refractivity contribution in [2.24, 2.45) is 5.41 Å². The maximum Gasteiger partial charge on any atom is 0.243 e. The van der Waals surface area contributed by atoms with Gasteiger partial charge in [0.2, 0.25) is 5.95 Å². The number of rotatable bonds is 4. The molecule has 0 spiro atoms.